The Bertz CT molecular complexity index is 681. The molecular weight excluding hydrogens is 334 g/mol. The highest BCUT2D eigenvalue weighted by Crippen LogP contribution is 2.28. The van der Waals surface area contributed by atoms with Crippen molar-refractivity contribution in [1.82, 2.24) is 10.6 Å². The number of anilines is 1. The standard InChI is InChI=1S/C19H27N3O4/c1-12(2)25-10-11-26-18(23)16-13(3)20-19(24)21-17(16)14-6-8-15(9-7-14)22(4)5/h6-9,12,17H,10-11H2,1-5H3,(H2,20,21,24)/t17-/m0/s1. The third kappa shape index (κ3) is 4.98. The molecule has 7 heteroatoms. The van der Waals surface area contributed by atoms with Crippen LogP contribution in [0.3, 0.4) is 0 Å². The van der Waals surface area contributed by atoms with Crippen LogP contribution in [0.4, 0.5) is 10.5 Å². The molecule has 0 saturated carbocycles. The predicted molar refractivity (Wildman–Crippen MR) is 99.9 cm³/mol. The Morgan fingerprint density at radius 3 is 2.42 bits per heavy atom. The number of nitrogens with zero attached hydrogens (tertiary/aromatic N) is 1. The first kappa shape index (κ1) is 19.8. The topological polar surface area (TPSA) is 79.9 Å². The molecule has 2 N–H and O–H groups in total. The van der Waals surface area contributed by atoms with E-state index in [1.807, 2.05) is 57.1 Å². The summed E-state index contributed by atoms with van der Waals surface area (Å²) in [5.41, 5.74) is 2.73. The Balaban J connectivity index is 2.18. The van der Waals surface area contributed by atoms with Crippen LogP contribution in [0.15, 0.2) is 35.5 Å². The zero-order chi connectivity index (χ0) is 19.3. The first-order chi connectivity index (χ1) is 12.3. The van der Waals surface area contributed by atoms with E-state index in [4.69, 9.17) is 9.47 Å². The van der Waals surface area contributed by atoms with Gasteiger partial charge in [-0.2, -0.15) is 0 Å². The van der Waals surface area contributed by atoms with Crippen LogP contribution in [0.25, 0.3) is 0 Å². The van der Waals surface area contributed by atoms with Gasteiger partial charge in [0.25, 0.3) is 0 Å². The number of esters is 1. The maximum Gasteiger partial charge on any atom is 0.338 e. The lowest BCUT2D eigenvalue weighted by atomic mass is 9.95. The Labute approximate surface area is 154 Å². The largest absolute Gasteiger partial charge is 0.460 e. The van der Waals surface area contributed by atoms with Crippen molar-refractivity contribution >= 4 is 17.7 Å². The van der Waals surface area contributed by atoms with E-state index in [2.05, 4.69) is 10.6 Å². The molecule has 2 rings (SSSR count). The van der Waals surface area contributed by atoms with Crippen LogP contribution in [-0.2, 0) is 14.3 Å². The molecular formula is C19H27N3O4. The summed E-state index contributed by atoms with van der Waals surface area (Å²) in [7, 11) is 3.90. The van der Waals surface area contributed by atoms with Crippen LogP contribution in [-0.4, -0.2) is 45.4 Å². The smallest absolute Gasteiger partial charge is 0.338 e. The molecule has 0 saturated heterocycles. The van der Waals surface area contributed by atoms with Crippen LogP contribution in [0, 0.1) is 0 Å². The second-order valence-electron chi connectivity index (χ2n) is 6.61. The summed E-state index contributed by atoms with van der Waals surface area (Å²) in [5, 5.41) is 5.44. The number of rotatable bonds is 7. The van der Waals surface area contributed by atoms with Crippen molar-refractivity contribution in [3.63, 3.8) is 0 Å². The maximum atomic E-state index is 12.6. The highest BCUT2D eigenvalue weighted by Gasteiger charge is 2.32. The SMILES string of the molecule is CC1=C(C(=O)OCCOC(C)C)[C@H](c2ccc(N(C)C)cc2)NC(=O)N1. The van der Waals surface area contributed by atoms with Crippen molar-refractivity contribution in [2.24, 2.45) is 0 Å². The van der Waals surface area contributed by atoms with E-state index in [-0.39, 0.29) is 18.7 Å². The Kier molecular flexibility index (Phi) is 6.63. The summed E-state index contributed by atoms with van der Waals surface area (Å²) >= 11 is 0. The summed E-state index contributed by atoms with van der Waals surface area (Å²) in [4.78, 5) is 26.5. The summed E-state index contributed by atoms with van der Waals surface area (Å²) in [6, 6.07) is 6.78. The molecule has 1 aliphatic rings. The molecule has 0 unspecified atom stereocenters. The molecule has 142 valence electrons. The molecule has 1 atom stereocenters. The minimum absolute atomic E-state index is 0.0771. The molecule has 2 amide bonds. The second-order valence-corrected chi connectivity index (χ2v) is 6.61. The fourth-order valence-corrected chi connectivity index (χ4v) is 2.68. The number of nitrogens with one attached hydrogen (secondary N) is 2. The van der Waals surface area contributed by atoms with Crippen molar-refractivity contribution in [3.8, 4) is 0 Å². The van der Waals surface area contributed by atoms with Gasteiger partial charge < -0.3 is 25.0 Å². The second kappa shape index (κ2) is 8.71. The van der Waals surface area contributed by atoms with Crippen molar-refractivity contribution in [2.45, 2.75) is 32.9 Å². The quantitative estimate of drug-likeness (QED) is 0.576. The number of benzene rings is 1. The first-order valence-electron chi connectivity index (χ1n) is 8.64. The average molecular weight is 361 g/mol. The molecule has 0 aromatic heterocycles. The molecule has 0 aliphatic carbocycles. The lowest BCUT2D eigenvalue weighted by molar-refractivity contribution is -0.141. The highest BCUT2D eigenvalue weighted by molar-refractivity contribution is 5.95. The van der Waals surface area contributed by atoms with Gasteiger partial charge in [0, 0.05) is 25.5 Å². The van der Waals surface area contributed by atoms with Crippen molar-refractivity contribution < 1.29 is 19.1 Å². The number of carbonyl (C=O) groups is 2. The van der Waals surface area contributed by atoms with Crippen LogP contribution in [0.5, 0.6) is 0 Å². The molecule has 7 nitrogen and oxygen atoms in total. The normalized spacial score (nSPS) is 17.0. The number of urea groups is 1. The highest BCUT2D eigenvalue weighted by atomic mass is 16.6. The Morgan fingerprint density at radius 2 is 1.85 bits per heavy atom. The summed E-state index contributed by atoms with van der Waals surface area (Å²) in [6.07, 6.45) is 0.0771. The van der Waals surface area contributed by atoms with Gasteiger partial charge in [-0.25, -0.2) is 9.59 Å². The van der Waals surface area contributed by atoms with Gasteiger partial charge in [-0.1, -0.05) is 12.1 Å². The number of hydrogen-bond donors (Lipinski definition) is 2. The summed E-state index contributed by atoms with van der Waals surface area (Å²) < 4.78 is 10.7. The van der Waals surface area contributed by atoms with E-state index in [0.717, 1.165) is 11.3 Å². The van der Waals surface area contributed by atoms with E-state index in [1.54, 1.807) is 6.92 Å². The van der Waals surface area contributed by atoms with E-state index in [0.29, 0.717) is 17.9 Å². The lowest BCUT2D eigenvalue weighted by Crippen LogP contribution is -2.45. The van der Waals surface area contributed by atoms with E-state index in [1.165, 1.54) is 0 Å². The average Bonchev–Trinajstić information content (AvgIpc) is 2.57. The fourth-order valence-electron chi connectivity index (χ4n) is 2.68. The number of carbonyl (C=O) groups excluding carboxylic acids is 2. The van der Waals surface area contributed by atoms with Crippen LogP contribution in [0.1, 0.15) is 32.4 Å². The van der Waals surface area contributed by atoms with Gasteiger partial charge >= 0.3 is 12.0 Å². The van der Waals surface area contributed by atoms with E-state index < -0.39 is 12.0 Å². The van der Waals surface area contributed by atoms with Crippen molar-refractivity contribution in [1.29, 1.82) is 0 Å². The third-order valence-corrected chi connectivity index (χ3v) is 4.00. The lowest BCUT2D eigenvalue weighted by Gasteiger charge is -2.28. The van der Waals surface area contributed by atoms with Crippen molar-refractivity contribution in [2.75, 3.05) is 32.2 Å². The number of ether oxygens (including phenoxy) is 2. The predicted octanol–water partition coefficient (Wildman–Crippen LogP) is 2.35. The minimum atomic E-state index is -0.557. The van der Waals surface area contributed by atoms with E-state index in [9.17, 15) is 9.59 Å². The monoisotopic (exact) mass is 361 g/mol. The molecule has 1 aliphatic heterocycles. The van der Waals surface area contributed by atoms with Gasteiger partial charge in [0.2, 0.25) is 0 Å². The minimum Gasteiger partial charge on any atom is -0.460 e. The zero-order valence-corrected chi connectivity index (χ0v) is 16.0. The van der Waals surface area contributed by atoms with Crippen LogP contribution >= 0.6 is 0 Å². The maximum absolute atomic E-state index is 12.6. The number of amides is 2. The molecule has 0 spiro atoms. The molecule has 0 fully saturated rings. The van der Waals surface area contributed by atoms with Crippen LogP contribution in [0.2, 0.25) is 0 Å². The Hall–Kier alpha value is -2.54. The fraction of sp³-hybridized carbons (Fsp3) is 0.474. The molecule has 0 bridgehead atoms. The van der Waals surface area contributed by atoms with Crippen molar-refractivity contribution in [3.05, 3.63) is 41.1 Å². The molecule has 26 heavy (non-hydrogen) atoms. The number of hydrogen-bond acceptors (Lipinski definition) is 5. The molecule has 1 aromatic carbocycles. The molecule has 1 heterocycles. The van der Waals surface area contributed by atoms with Gasteiger partial charge in [0.05, 0.1) is 24.3 Å². The first-order valence-corrected chi connectivity index (χ1v) is 8.64. The van der Waals surface area contributed by atoms with Gasteiger partial charge in [0.1, 0.15) is 6.61 Å². The van der Waals surface area contributed by atoms with Gasteiger partial charge in [-0.3, -0.25) is 0 Å². The summed E-state index contributed by atoms with van der Waals surface area (Å²) in [5.74, 6) is -0.468. The molecule has 0 radical (unpaired) electrons. The summed E-state index contributed by atoms with van der Waals surface area (Å²) in [6.45, 7) is 6.03. The zero-order valence-electron chi connectivity index (χ0n) is 16.0. The van der Waals surface area contributed by atoms with Gasteiger partial charge in [0.15, 0.2) is 0 Å². The van der Waals surface area contributed by atoms with Crippen LogP contribution < -0.4 is 15.5 Å². The Morgan fingerprint density at radius 1 is 1.19 bits per heavy atom. The number of allylic oxidation sites excluding steroid dienone is 1. The van der Waals surface area contributed by atoms with Gasteiger partial charge in [-0.05, 0) is 38.5 Å². The third-order valence-electron chi connectivity index (χ3n) is 4.00. The van der Waals surface area contributed by atoms with Gasteiger partial charge in [-0.15, -0.1) is 0 Å². The van der Waals surface area contributed by atoms with E-state index >= 15 is 0 Å². The molecule has 1 aromatic rings.